The van der Waals surface area contributed by atoms with Crippen molar-refractivity contribution in [3.05, 3.63) is 41.7 Å². The normalized spacial score (nSPS) is 14.8. The number of para-hydroxylation sites is 1. The van der Waals surface area contributed by atoms with Crippen molar-refractivity contribution >= 4 is 5.91 Å². The van der Waals surface area contributed by atoms with E-state index in [9.17, 15) is 9.18 Å². The Kier molecular flexibility index (Phi) is 3.79. The summed E-state index contributed by atoms with van der Waals surface area (Å²) in [5.74, 6) is 1.04. The maximum Gasteiger partial charge on any atom is 0.260 e. The average Bonchev–Trinajstić information content (AvgIpc) is 2.75. The van der Waals surface area contributed by atoms with Gasteiger partial charge in [0.25, 0.3) is 5.91 Å². The minimum Gasteiger partial charge on any atom is -0.481 e. The molecule has 7 heteroatoms. The van der Waals surface area contributed by atoms with Crippen LogP contribution in [-0.4, -0.2) is 45.3 Å². The molecular formula is C15H17FN4O2. The SMILES string of the molecule is Cc1nc(C)n(C2CN(C(=O)COc3ccccc3F)C2)n1. The Balaban J connectivity index is 1.51. The van der Waals surface area contributed by atoms with E-state index in [-0.39, 0.29) is 24.3 Å². The lowest BCUT2D eigenvalue weighted by atomic mass is 10.1. The topological polar surface area (TPSA) is 60.2 Å². The largest absolute Gasteiger partial charge is 0.481 e. The molecule has 0 N–H and O–H groups in total. The highest BCUT2D eigenvalue weighted by Gasteiger charge is 2.33. The minimum absolute atomic E-state index is 0.0932. The summed E-state index contributed by atoms with van der Waals surface area (Å²) in [5, 5.41) is 4.32. The molecule has 1 aromatic heterocycles. The number of carbonyl (C=O) groups excluding carboxylic acids is 1. The van der Waals surface area contributed by atoms with Crippen LogP contribution in [0.1, 0.15) is 17.7 Å². The summed E-state index contributed by atoms with van der Waals surface area (Å²) >= 11 is 0. The van der Waals surface area contributed by atoms with Crippen LogP contribution in [0.5, 0.6) is 5.75 Å². The number of hydrogen-bond donors (Lipinski definition) is 0. The average molecular weight is 304 g/mol. The van der Waals surface area contributed by atoms with Crippen LogP contribution in [0, 0.1) is 19.7 Å². The van der Waals surface area contributed by atoms with Crippen LogP contribution in [0.4, 0.5) is 4.39 Å². The summed E-state index contributed by atoms with van der Waals surface area (Å²) in [6.07, 6.45) is 0. The summed E-state index contributed by atoms with van der Waals surface area (Å²) in [6, 6.07) is 6.20. The third-order valence-corrected chi connectivity index (χ3v) is 3.66. The molecule has 116 valence electrons. The van der Waals surface area contributed by atoms with Crippen molar-refractivity contribution in [3.63, 3.8) is 0 Å². The van der Waals surface area contributed by atoms with E-state index in [4.69, 9.17) is 4.74 Å². The number of carbonyl (C=O) groups is 1. The number of nitrogens with zero attached hydrogens (tertiary/aromatic N) is 4. The first kappa shape index (κ1) is 14.5. The molecular weight excluding hydrogens is 287 g/mol. The van der Waals surface area contributed by atoms with Gasteiger partial charge in [0.1, 0.15) is 11.6 Å². The molecule has 0 saturated carbocycles. The van der Waals surface area contributed by atoms with E-state index >= 15 is 0 Å². The van der Waals surface area contributed by atoms with Crippen LogP contribution in [0.25, 0.3) is 0 Å². The fourth-order valence-electron chi connectivity index (χ4n) is 2.49. The third-order valence-electron chi connectivity index (χ3n) is 3.66. The number of halogens is 1. The molecule has 0 spiro atoms. The first-order valence-electron chi connectivity index (χ1n) is 7.09. The molecule has 0 bridgehead atoms. The Morgan fingerprint density at radius 3 is 2.73 bits per heavy atom. The van der Waals surface area contributed by atoms with Gasteiger partial charge in [-0.2, -0.15) is 5.10 Å². The lowest BCUT2D eigenvalue weighted by molar-refractivity contribution is -0.139. The predicted molar refractivity (Wildman–Crippen MR) is 77.0 cm³/mol. The molecule has 2 aromatic rings. The quantitative estimate of drug-likeness (QED) is 0.859. The second-order valence-corrected chi connectivity index (χ2v) is 5.32. The number of amides is 1. The number of likely N-dealkylation sites (tertiary alicyclic amines) is 1. The van der Waals surface area contributed by atoms with Crippen molar-refractivity contribution in [2.45, 2.75) is 19.9 Å². The molecule has 3 rings (SSSR count). The highest BCUT2D eigenvalue weighted by Crippen LogP contribution is 2.22. The molecule has 1 aliphatic heterocycles. The summed E-state index contributed by atoms with van der Waals surface area (Å²) in [6.45, 7) is 4.72. The number of aromatic nitrogens is 3. The fourth-order valence-corrected chi connectivity index (χ4v) is 2.49. The van der Waals surface area contributed by atoms with Gasteiger partial charge in [0, 0.05) is 13.1 Å². The summed E-state index contributed by atoms with van der Waals surface area (Å²) in [4.78, 5) is 17.9. The Labute approximate surface area is 127 Å². The number of aryl methyl sites for hydroxylation is 2. The zero-order chi connectivity index (χ0) is 15.7. The van der Waals surface area contributed by atoms with Crippen molar-refractivity contribution in [3.8, 4) is 5.75 Å². The molecule has 0 radical (unpaired) electrons. The number of rotatable bonds is 4. The highest BCUT2D eigenvalue weighted by atomic mass is 19.1. The molecule has 0 atom stereocenters. The van der Waals surface area contributed by atoms with Gasteiger partial charge in [-0.05, 0) is 26.0 Å². The zero-order valence-electron chi connectivity index (χ0n) is 12.5. The first-order chi connectivity index (χ1) is 10.5. The van der Waals surface area contributed by atoms with E-state index in [1.165, 1.54) is 12.1 Å². The molecule has 1 aromatic carbocycles. The Morgan fingerprint density at radius 1 is 1.36 bits per heavy atom. The van der Waals surface area contributed by atoms with Crippen LogP contribution in [0.3, 0.4) is 0 Å². The maximum absolute atomic E-state index is 13.4. The van der Waals surface area contributed by atoms with Crippen molar-refractivity contribution in [2.24, 2.45) is 0 Å². The molecule has 1 fully saturated rings. The van der Waals surface area contributed by atoms with Gasteiger partial charge in [-0.15, -0.1) is 0 Å². The summed E-state index contributed by atoms with van der Waals surface area (Å²) in [5.41, 5.74) is 0. The van der Waals surface area contributed by atoms with Crippen LogP contribution in [-0.2, 0) is 4.79 Å². The molecule has 0 unspecified atom stereocenters. The lowest BCUT2D eigenvalue weighted by Gasteiger charge is -2.39. The second-order valence-electron chi connectivity index (χ2n) is 5.32. The van der Waals surface area contributed by atoms with Crippen molar-refractivity contribution in [1.29, 1.82) is 0 Å². The molecule has 22 heavy (non-hydrogen) atoms. The maximum atomic E-state index is 13.4. The monoisotopic (exact) mass is 304 g/mol. The van der Waals surface area contributed by atoms with E-state index < -0.39 is 5.82 Å². The number of hydrogen-bond acceptors (Lipinski definition) is 4. The van der Waals surface area contributed by atoms with Crippen LogP contribution < -0.4 is 4.74 Å². The van der Waals surface area contributed by atoms with Gasteiger partial charge in [-0.1, -0.05) is 12.1 Å². The van der Waals surface area contributed by atoms with Crippen molar-refractivity contribution in [2.75, 3.05) is 19.7 Å². The van der Waals surface area contributed by atoms with Crippen molar-refractivity contribution in [1.82, 2.24) is 19.7 Å². The van der Waals surface area contributed by atoms with Gasteiger partial charge < -0.3 is 9.64 Å². The smallest absolute Gasteiger partial charge is 0.260 e. The molecule has 0 aliphatic carbocycles. The Bertz CT molecular complexity index is 695. The molecule has 1 amide bonds. The van der Waals surface area contributed by atoms with Crippen LogP contribution in [0.15, 0.2) is 24.3 Å². The number of benzene rings is 1. The van der Waals surface area contributed by atoms with Crippen LogP contribution >= 0.6 is 0 Å². The predicted octanol–water partition coefficient (Wildman–Crippen LogP) is 1.50. The Hall–Kier alpha value is -2.44. The van der Waals surface area contributed by atoms with E-state index in [0.717, 1.165) is 11.6 Å². The van der Waals surface area contributed by atoms with Gasteiger partial charge in [0.15, 0.2) is 18.2 Å². The Morgan fingerprint density at radius 2 is 2.09 bits per heavy atom. The molecule has 1 aliphatic rings. The molecule has 1 saturated heterocycles. The van der Waals surface area contributed by atoms with Gasteiger partial charge >= 0.3 is 0 Å². The number of ether oxygens (including phenoxy) is 1. The van der Waals surface area contributed by atoms with Gasteiger partial charge in [-0.25, -0.2) is 14.1 Å². The standard InChI is InChI=1S/C15H17FN4O2/c1-10-17-11(2)20(18-10)12-7-19(8-12)15(21)9-22-14-6-4-3-5-13(14)16/h3-6,12H,7-9H2,1-2H3. The van der Waals surface area contributed by atoms with Crippen LogP contribution in [0.2, 0.25) is 0 Å². The van der Waals surface area contributed by atoms with Crippen molar-refractivity contribution < 1.29 is 13.9 Å². The lowest BCUT2D eigenvalue weighted by Crippen LogP contribution is -2.52. The zero-order valence-corrected chi connectivity index (χ0v) is 12.5. The molecule has 2 heterocycles. The first-order valence-corrected chi connectivity index (χ1v) is 7.09. The molecule has 6 nitrogen and oxygen atoms in total. The van der Waals surface area contributed by atoms with Gasteiger partial charge in [0.2, 0.25) is 0 Å². The van der Waals surface area contributed by atoms with Gasteiger partial charge in [0.05, 0.1) is 6.04 Å². The third kappa shape index (κ3) is 2.79. The van der Waals surface area contributed by atoms with Gasteiger partial charge in [-0.3, -0.25) is 4.79 Å². The minimum atomic E-state index is -0.467. The highest BCUT2D eigenvalue weighted by molar-refractivity contribution is 5.78. The van der Waals surface area contributed by atoms with E-state index in [1.807, 2.05) is 18.5 Å². The van der Waals surface area contributed by atoms with E-state index in [0.29, 0.717) is 13.1 Å². The van der Waals surface area contributed by atoms with E-state index in [1.54, 1.807) is 17.0 Å². The fraction of sp³-hybridized carbons (Fsp3) is 0.400. The summed E-state index contributed by atoms with van der Waals surface area (Å²) in [7, 11) is 0. The summed E-state index contributed by atoms with van der Waals surface area (Å²) < 4.78 is 20.5. The second kappa shape index (κ2) is 5.75. The van der Waals surface area contributed by atoms with E-state index in [2.05, 4.69) is 10.1 Å².